The third kappa shape index (κ3) is 5.73. The van der Waals surface area contributed by atoms with Gasteiger partial charge in [-0.25, -0.2) is 0 Å². The molecule has 1 aromatic rings. The van der Waals surface area contributed by atoms with Crippen LogP contribution in [-0.2, 0) is 4.79 Å². The molecule has 1 unspecified atom stereocenters. The lowest BCUT2D eigenvalue weighted by atomic mass is 9.96. The summed E-state index contributed by atoms with van der Waals surface area (Å²) in [5, 5.41) is 3.19. The van der Waals surface area contributed by atoms with E-state index in [1.807, 2.05) is 0 Å². The third-order valence-electron chi connectivity index (χ3n) is 6.09. The molecule has 1 aromatic carbocycles. The summed E-state index contributed by atoms with van der Waals surface area (Å²) >= 11 is 0. The largest absolute Gasteiger partial charge is 0.371 e. The molecule has 2 aliphatic rings. The van der Waals surface area contributed by atoms with Gasteiger partial charge >= 0.3 is 0 Å². The zero-order chi connectivity index (χ0) is 18.2. The molecular formula is C22H35N3O. The van der Waals surface area contributed by atoms with E-state index < -0.39 is 0 Å². The van der Waals surface area contributed by atoms with Gasteiger partial charge in [0.1, 0.15) is 0 Å². The van der Waals surface area contributed by atoms with Crippen molar-refractivity contribution in [2.45, 2.75) is 57.4 Å². The average Bonchev–Trinajstić information content (AvgIpc) is 3.09. The minimum atomic E-state index is 0.188. The van der Waals surface area contributed by atoms with Crippen molar-refractivity contribution in [3.05, 3.63) is 30.3 Å². The molecule has 3 rings (SSSR count). The number of nitrogens with one attached hydrogen (secondary N) is 1. The highest BCUT2D eigenvalue weighted by atomic mass is 16.2. The van der Waals surface area contributed by atoms with E-state index in [0.29, 0.717) is 18.5 Å². The Hall–Kier alpha value is -1.55. The molecular weight excluding hydrogens is 322 g/mol. The zero-order valence-corrected chi connectivity index (χ0v) is 16.3. The van der Waals surface area contributed by atoms with Crippen LogP contribution >= 0.6 is 0 Å². The third-order valence-corrected chi connectivity index (χ3v) is 6.09. The van der Waals surface area contributed by atoms with E-state index in [9.17, 15) is 4.79 Å². The number of nitrogens with zero attached hydrogens (tertiary/aromatic N) is 2. The lowest BCUT2D eigenvalue weighted by molar-refractivity contribution is -0.122. The van der Waals surface area contributed by atoms with E-state index in [1.165, 1.54) is 50.6 Å². The quantitative estimate of drug-likeness (QED) is 0.844. The predicted octanol–water partition coefficient (Wildman–Crippen LogP) is 3.67. The highest BCUT2D eigenvalue weighted by molar-refractivity contribution is 5.78. The molecule has 1 N–H and O–H groups in total. The molecule has 144 valence electrons. The fourth-order valence-corrected chi connectivity index (χ4v) is 4.42. The van der Waals surface area contributed by atoms with E-state index in [1.54, 1.807) is 0 Å². The first kappa shape index (κ1) is 19.2. The highest BCUT2D eigenvalue weighted by Crippen LogP contribution is 2.23. The fourth-order valence-electron chi connectivity index (χ4n) is 4.42. The molecule has 26 heavy (non-hydrogen) atoms. The Morgan fingerprint density at radius 3 is 2.50 bits per heavy atom. The molecule has 0 radical (unpaired) electrons. The minimum absolute atomic E-state index is 0.188. The van der Waals surface area contributed by atoms with Crippen molar-refractivity contribution in [2.24, 2.45) is 5.92 Å². The van der Waals surface area contributed by atoms with E-state index in [-0.39, 0.29) is 5.91 Å². The summed E-state index contributed by atoms with van der Waals surface area (Å²) in [6, 6.07) is 11.2. The van der Waals surface area contributed by atoms with Crippen molar-refractivity contribution >= 4 is 11.6 Å². The van der Waals surface area contributed by atoms with Crippen molar-refractivity contribution in [1.82, 2.24) is 10.2 Å². The van der Waals surface area contributed by atoms with Crippen molar-refractivity contribution in [3.63, 3.8) is 0 Å². The maximum atomic E-state index is 12.4. The maximum Gasteiger partial charge on any atom is 0.234 e. The number of carbonyl (C=O) groups excluding carboxylic acids is 1. The van der Waals surface area contributed by atoms with E-state index in [4.69, 9.17) is 0 Å². The minimum Gasteiger partial charge on any atom is -0.371 e. The fraction of sp³-hybridized carbons (Fsp3) is 0.682. The SMILES string of the molecule is CN(CC(=O)NCC1CCN(c2ccccc2)C1)C1CCCCCCC1. The second-order valence-corrected chi connectivity index (χ2v) is 8.15. The Kier molecular flexibility index (Phi) is 7.36. The molecule has 1 aliphatic carbocycles. The Bertz CT molecular complexity index is 540. The van der Waals surface area contributed by atoms with E-state index in [2.05, 4.69) is 52.5 Å². The number of carbonyl (C=O) groups is 1. The number of amides is 1. The first-order chi connectivity index (χ1) is 12.7. The van der Waals surface area contributed by atoms with Gasteiger partial charge in [0.2, 0.25) is 5.91 Å². The number of rotatable bonds is 6. The van der Waals surface area contributed by atoms with E-state index >= 15 is 0 Å². The van der Waals surface area contributed by atoms with Crippen LogP contribution in [0.4, 0.5) is 5.69 Å². The molecule has 1 atom stereocenters. The van der Waals surface area contributed by atoms with Gasteiger partial charge in [0.05, 0.1) is 6.54 Å². The molecule has 1 heterocycles. The maximum absolute atomic E-state index is 12.4. The van der Waals surface area contributed by atoms with Gasteiger partial charge < -0.3 is 10.2 Å². The lowest BCUT2D eigenvalue weighted by Crippen LogP contribution is -2.42. The van der Waals surface area contributed by atoms with Crippen LogP contribution in [0.25, 0.3) is 0 Å². The van der Waals surface area contributed by atoms with E-state index in [0.717, 1.165) is 26.1 Å². The van der Waals surface area contributed by atoms with Gasteiger partial charge in [-0.3, -0.25) is 9.69 Å². The Balaban J connectivity index is 1.37. The number of likely N-dealkylation sites (N-methyl/N-ethyl adjacent to an activating group) is 1. The van der Waals surface area contributed by atoms with Crippen LogP contribution < -0.4 is 10.2 Å². The smallest absolute Gasteiger partial charge is 0.234 e. The summed E-state index contributed by atoms with van der Waals surface area (Å²) in [5.74, 6) is 0.749. The van der Waals surface area contributed by atoms with Crippen LogP contribution in [0.15, 0.2) is 30.3 Å². The molecule has 1 saturated heterocycles. The second kappa shape index (κ2) is 9.96. The second-order valence-electron chi connectivity index (χ2n) is 8.15. The van der Waals surface area contributed by atoms with Crippen molar-refractivity contribution in [1.29, 1.82) is 0 Å². The van der Waals surface area contributed by atoms with Crippen LogP contribution in [0.2, 0.25) is 0 Å². The van der Waals surface area contributed by atoms with Crippen molar-refractivity contribution < 1.29 is 4.79 Å². The summed E-state index contributed by atoms with van der Waals surface area (Å²) in [4.78, 5) is 17.1. The van der Waals surface area contributed by atoms with Crippen LogP contribution in [0.1, 0.15) is 51.4 Å². The van der Waals surface area contributed by atoms with Gasteiger partial charge in [-0.15, -0.1) is 0 Å². The standard InChI is InChI=1S/C22H35N3O/c1-24(20-10-6-3-2-4-7-11-20)18-22(26)23-16-19-14-15-25(17-19)21-12-8-5-9-13-21/h5,8-9,12-13,19-20H,2-4,6-7,10-11,14-18H2,1H3,(H,23,26). The average molecular weight is 358 g/mol. The number of para-hydroxylation sites is 1. The summed E-state index contributed by atoms with van der Waals surface area (Å²) in [6.07, 6.45) is 10.4. The molecule has 1 amide bonds. The Morgan fingerprint density at radius 2 is 1.77 bits per heavy atom. The molecule has 1 aliphatic heterocycles. The first-order valence-electron chi connectivity index (χ1n) is 10.5. The van der Waals surface area contributed by atoms with Crippen molar-refractivity contribution in [3.8, 4) is 0 Å². The summed E-state index contributed by atoms with van der Waals surface area (Å²) < 4.78 is 0. The topological polar surface area (TPSA) is 35.6 Å². The summed E-state index contributed by atoms with van der Waals surface area (Å²) in [5.41, 5.74) is 1.30. The van der Waals surface area contributed by atoms with Gasteiger partial charge in [0.15, 0.2) is 0 Å². The van der Waals surface area contributed by atoms with Gasteiger partial charge in [-0.05, 0) is 44.4 Å². The van der Waals surface area contributed by atoms with Crippen LogP contribution in [0, 0.1) is 5.92 Å². The number of hydrogen-bond donors (Lipinski definition) is 1. The lowest BCUT2D eigenvalue weighted by Gasteiger charge is -2.29. The molecule has 0 spiro atoms. The highest BCUT2D eigenvalue weighted by Gasteiger charge is 2.24. The molecule has 0 bridgehead atoms. The van der Waals surface area contributed by atoms with Crippen LogP contribution in [0.3, 0.4) is 0 Å². The van der Waals surface area contributed by atoms with Crippen molar-refractivity contribution in [2.75, 3.05) is 38.1 Å². The summed E-state index contributed by atoms with van der Waals surface area (Å²) in [7, 11) is 2.12. The zero-order valence-electron chi connectivity index (χ0n) is 16.3. The Labute approximate surface area is 158 Å². The normalized spacial score (nSPS) is 22.2. The van der Waals surface area contributed by atoms with Crippen LogP contribution in [-0.4, -0.2) is 50.1 Å². The molecule has 0 aromatic heterocycles. The van der Waals surface area contributed by atoms with Gasteiger partial charge in [-0.2, -0.15) is 0 Å². The molecule has 2 fully saturated rings. The number of benzene rings is 1. The number of anilines is 1. The predicted molar refractivity (Wildman–Crippen MR) is 109 cm³/mol. The molecule has 4 heteroatoms. The molecule has 1 saturated carbocycles. The first-order valence-corrected chi connectivity index (χ1v) is 10.5. The summed E-state index contributed by atoms with van der Waals surface area (Å²) in [6.45, 7) is 3.48. The Morgan fingerprint density at radius 1 is 1.08 bits per heavy atom. The van der Waals surface area contributed by atoms with Crippen LogP contribution in [0.5, 0.6) is 0 Å². The van der Waals surface area contributed by atoms with Gasteiger partial charge in [0.25, 0.3) is 0 Å². The number of hydrogen-bond acceptors (Lipinski definition) is 3. The molecule has 4 nitrogen and oxygen atoms in total. The van der Waals surface area contributed by atoms with Gasteiger partial charge in [-0.1, -0.05) is 50.3 Å². The van der Waals surface area contributed by atoms with Gasteiger partial charge in [0, 0.05) is 31.4 Å². The monoisotopic (exact) mass is 357 g/mol.